The van der Waals surface area contributed by atoms with Crippen molar-refractivity contribution in [2.75, 3.05) is 10.2 Å². The highest BCUT2D eigenvalue weighted by Crippen LogP contribution is 2.35. The number of hydrogen-bond donors (Lipinski definition) is 2. The van der Waals surface area contributed by atoms with Crippen LogP contribution in [0.1, 0.15) is 21.7 Å². The molecular formula is C30H22IN3O4S2. The van der Waals surface area contributed by atoms with E-state index in [1.54, 1.807) is 60.7 Å². The van der Waals surface area contributed by atoms with Crippen LogP contribution >= 0.6 is 45.7 Å². The van der Waals surface area contributed by atoms with E-state index in [0.717, 1.165) is 13.3 Å². The zero-order valence-electron chi connectivity index (χ0n) is 20.9. The molecule has 0 saturated carbocycles. The monoisotopic (exact) mass is 679 g/mol. The smallest absolute Gasteiger partial charge is 0.272 e. The molecule has 3 aromatic carbocycles. The van der Waals surface area contributed by atoms with Crippen molar-refractivity contribution in [1.29, 1.82) is 0 Å². The number of hydrogen-bond acceptors (Lipinski definition) is 6. The topological polar surface area (TPSA) is 95.6 Å². The fourth-order valence-electron chi connectivity index (χ4n) is 4.03. The van der Waals surface area contributed by atoms with Crippen molar-refractivity contribution in [2.24, 2.45) is 0 Å². The second-order valence-corrected chi connectivity index (χ2v) is 12.2. The highest BCUT2D eigenvalue weighted by atomic mass is 127. The van der Waals surface area contributed by atoms with Crippen LogP contribution in [0.5, 0.6) is 0 Å². The van der Waals surface area contributed by atoms with E-state index in [1.165, 1.54) is 28.0 Å². The second-order valence-electron chi connectivity index (χ2n) is 8.73. The molecule has 200 valence electrons. The number of rotatable bonds is 8. The molecule has 1 aliphatic heterocycles. The van der Waals surface area contributed by atoms with Gasteiger partial charge in [0.15, 0.2) is 0 Å². The summed E-state index contributed by atoms with van der Waals surface area (Å²) in [4.78, 5) is 54.6. The maximum atomic E-state index is 13.3. The molecule has 0 aliphatic carbocycles. The van der Waals surface area contributed by atoms with Crippen molar-refractivity contribution < 1.29 is 19.2 Å². The van der Waals surface area contributed by atoms with Crippen LogP contribution in [0.15, 0.2) is 107 Å². The van der Waals surface area contributed by atoms with Gasteiger partial charge in [-0.15, -0.1) is 23.1 Å². The van der Waals surface area contributed by atoms with Crippen molar-refractivity contribution in [1.82, 2.24) is 5.32 Å². The molecule has 1 saturated heterocycles. The fraction of sp³-hybridized carbons (Fsp3) is 0.0667. The van der Waals surface area contributed by atoms with Crippen LogP contribution in [0.3, 0.4) is 0 Å². The quantitative estimate of drug-likeness (QED) is 0.132. The van der Waals surface area contributed by atoms with Crippen molar-refractivity contribution in [2.45, 2.75) is 16.6 Å². The summed E-state index contributed by atoms with van der Waals surface area (Å²) in [7, 11) is 0. The number of imide groups is 1. The van der Waals surface area contributed by atoms with Crippen LogP contribution in [-0.2, 0) is 14.4 Å². The second kappa shape index (κ2) is 12.6. The number of carbonyl (C=O) groups is 4. The lowest BCUT2D eigenvalue weighted by Gasteiger charge is -2.15. The summed E-state index contributed by atoms with van der Waals surface area (Å²) < 4.78 is 1.01. The number of anilines is 2. The third-order valence-corrected chi connectivity index (χ3v) is 8.64. The van der Waals surface area contributed by atoms with E-state index < -0.39 is 17.1 Å². The standard InChI is InChI=1S/C30H22IN3O4S2/c31-20-11-13-22(14-12-20)34-27(35)18-26(30(34)38)40-24-9-4-8-21(16-24)32-29(37)25(17-23-10-5-15-39-23)33-28(36)19-6-2-1-3-7-19/h1-17,26H,18H2,(H,32,37)(H,33,36)/b25-17-/t26-/m1/s1. The van der Waals surface area contributed by atoms with Gasteiger partial charge in [0.05, 0.1) is 10.9 Å². The van der Waals surface area contributed by atoms with E-state index in [2.05, 4.69) is 33.2 Å². The van der Waals surface area contributed by atoms with Gasteiger partial charge in [0.2, 0.25) is 11.8 Å². The molecule has 1 aromatic heterocycles. The molecule has 1 aliphatic rings. The molecule has 0 spiro atoms. The molecule has 40 heavy (non-hydrogen) atoms. The Labute approximate surface area is 252 Å². The minimum absolute atomic E-state index is 0.0886. The summed E-state index contributed by atoms with van der Waals surface area (Å²) in [5, 5.41) is 6.88. The van der Waals surface area contributed by atoms with E-state index in [4.69, 9.17) is 0 Å². The Hall–Kier alpha value is -3.74. The molecule has 1 atom stereocenters. The number of halogens is 1. The minimum Gasteiger partial charge on any atom is -0.321 e. The molecule has 0 radical (unpaired) electrons. The zero-order valence-corrected chi connectivity index (χ0v) is 24.7. The third-order valence-electron chi connectivity index (χ3n) is 5.92. The predicted octanol–water partition coefficient (Wildman–Crippen LogP) is 6.19. The number of thiophene rings is 1. The van der Waals surface area contributed by atoms with Crippen molar-refractivity contribution >= 4 is 86.8 Å². The summed E-state index contributed by atoms with van der Waals surface area (Å²) in [6, 6.07) is 26.7. The Kier molecular flexibility index (Phi) is 8.78. The van der Waals surface area contributed by atoms with Crippen LogP contribution in [0, 0.1) is 3.57 Å². The molecule has 0 bridgehead atoms. The summed E-state index contributed by atoms with van der Waals surface area (Å²) in [5.41, 5.74) is 1.58. The average molecular weight is 680 g/mol. The van der Waals surface area contributed by atoms with Gasteiger partial charge >= 0.3 is 0 Å². The van der Waals surface area contributed by atoms with Gasteiger partial charge in [-0.25, -0.2) is 4.90 Å². The molecule has 4 aromatic rings. The lowest BCUT2D eigenvalue weighted by Crippen LogP contribution is -2.31. The van der Waals surface area contributed by atoms with Crippen molar-refractivity contribution in [3.63, 3.8) is 0 Å². The van der Waals surface area contributed by atoms with Crippen molar-refractivity contribution in [3.05, 3.63) is 116 Å². The largest absolute Gasteiger partial charge is 0.321 e. The molecule has 2 N–H and O–H groups in total. The predicted molar refractivity (Wildman–Crippen MR) is 167 cm³/mol. The third kappa shape index (κ3) is 6.69. The lowest BCUT2D eigenvalue weighted by molar-refractivity contribution is -0.121. The summed E-state index contributed by atoms with van der Waals surface area (Å²) in [5.74, 6) is -1.40. The van der Waals surface area contributed by atoms with E-state index in [-0.39, 0.29) is 23.9 Å². The molecule has 7 nitrogen and oxygen atoms in total. The van der Waals surface area contributed by atoms with Gasteiger partial charge in [0, 0.05) is 31.0 Å². The number of carbonyl (C=O) groups excluding carboxylic acids is 4. The van der Waals surface area contributed by atoms with Crippen LogP contribution in [-0.4, -0.2) is 28.9 Å². The van der Waals surface area contributed by atoms with E-state index in [1.807, 2.05) is 41.8 Å². The van der Waals surface area contributed by atoms with Gasteiger partial charge in [-0.05, 0) is 94.7 Å². The maximum absolute atomic E-state index is 13.3. The first-order valence-corrected chi connectivity index (χ1v) is 15.0. The Morgan fingerprint density at radius 2 is 1.73 bits per heavy atom. The number of amides is 4. The zero-order chi connectivity index (χ0) is 28.1. The summed E-state index contributed by atoms with van der Waals surface area (Å²) >= 11 is 4.89. The highest BCUT2D eigenvalue weighted by Gasteiger charge is 2.40. The molecule has 0 unspecified atom stereocenters. The van der Waals surface area contributed by atoms with Gasteiger partial charge in [0.25, 0.3) is 11.8 Å². The Morgan fingerprint density at radius 1 is 0.950 bits per heavy atom. The minimum atomic E-state index is -0.572. The van der Waals surface area contributed by atoms with Gasteiger partial charge in [-0.2, -0.15) is 0 Å². The van der Waals surface area contributed by atoms with Gasteiger partial charge < -0.3 is 10.6 Å². The number of nitrogens with one attached hydrogen (secondary N) is 2. The molecule has 1 fully saturated rings. The van der Waals surface area contributed by atoms with E-state index >= 15 is 0 Å². The van der Waals surface area contributed by atoms with Gasteiger partial charge in [-0.3, -0.25) is 19.2 Å². The number of thioether (sulfide) groups is 1. The highest BCUT2D eigenvalue weighted by molar-refractivity contribution is 14.1. The summed E-state index contributed by atoms with van der Waals surface area (Å²) in [6.07, 6.45) is 1.72. The first-order chi connectivity index (χ1) is 19.4. The van der Waals surface area contributed by atoms with Crippen LogP contribution in [0.2, 0.25) is 0 Å². The Bertz CT molecular complexity index is 1590. The van der Waals surface area contributed by atoms with Crippen LogP contribution in [0.25, 0.3) is 6.08 Å². The lowest BCUT2D eigenvalue weighted by atomic mass is 10.2. The van der Waals surface area contributed by atoms with E-state index in [9.17, 15) is 19.2 Å². The average Bonchev–Trinajstić information content (AvgIpc) is 3.56. The molecule has 4 amide bonds. The first-order valence-electron chi connectivity index (χ1n) is 12.2. The first kappa shape index (κ1) is 27.8. The summed E-state index contributed by atoms with van der Waals surface area (Å²) in [6.45, 7) is 0. The van der Waals surface area contributed by atoms with Crippen LogP contribution in [0.4, 0.5) is 11.4 Å². The molecule has 5 rings (SSSR count). The van der Waals surface area contributed by atoms with Gasteiger partial charge in [0.1, 0.15) is 5.70 Å². The molecule has 10 heteroatoms. The van der Waals surface area contributed by atoms with Crippen LogP contribution < -0.4 is 15.5 Å². The molecule has 2 heterocycles. The normalized spacial score (nSPS) is 15.3. The Balaban J connectivity index is 1.30. The maximum Gasteiger partial charge on any atom is 0.272 e. The van der Waals surface area contributed by atoms with Gasteiger partial charge in [-0.1, -0.05) is 30.3 Å². The SMILES string of the molecule is O=C(Nc1cccc(S[C@@H]2CC(=O)N(c3ccc(I)cc3)C2=O)c1)/C(=C/c1cccs1)NC(=O)c1ccccc1. The molecular weight excluding hydrogens is 657 g/mol. The number of nitrogens with zero attached hydrogens (tertiary/aromatic N) is 1. The fourth-order valence-corrected chi connectivity index (χ4v) is 6.16. The Morgan fingerprint density at radius 3 is 2.45 bits per heavy atom. The van der Waals surface area contributed by atoms with E-state index in [0.29, 0.717) is 16.9 Å². The van der Waals surface area contributed by atoms with Crippen molar-refractivity contribution in [3.8, 4) is 0 Å². The number of benzene rings is 3.